The fourth-order valence-electron chi connectivity index (χ4n) is 1.93. The van der Waals surface area contributed by atoms with Crippen molar-refractivity contribution in [3.8, 4) is 11.5 Å². The summed E-state index contributed by atoms with van der Waals surface area (Å²) < 4.78 is 10.9. The van der Waals surface area contributed by atoms with Gasteiger partial charge in [-0.1, -0.05) is 26.3 Å². The predicted octanol–water partition coefficient (Wildman–Crippen LogP) is 3.62. The average Bonchev–Trinajstić information content (AvgIpc) is 2.44. The summed E-state index contributed by atoms with van der Waals surface area (Å²) in [5, 5.41) is 3.56. The van der Waals surface area contributed by atoms with Gasteiger partial charge in [0.25, 0.3) is 0 Å². The van der Waals surface area contributed by atoms with Crippen LogP contribution in [0.4, 0.5) is 0 Å². The Morgan fingerprint density at radius 2 is 1.89 bits per heavy atom. The van der Waals surface area contributed by atoms with Gasteiger partial charge in [-0.3, -0.25) is 0 Å². The second kappa shape index (κ2) is 8.05. The second-order valence-corrected chi connectivity index (χ2v) is 4.97. The van der Waals surface area contributed by atoms with Gasteiger partial charge >= 0.3 is 0 Å². The van der Waals surface area contributed by atoms with Crippen LogP contribution in [0, 0.1) is 5.92 Å². The number of methoxy groups -OCH3 is 1. The number of rotatable bonds is 8. The first-order valence-corrected chi connectivity index (χ1v) is 7.15. The van der Waals surface area contributed by atoms with Crippen molar-refractivity contribution in [3.63, 3.8) is 0 Å². The highest BCUT2D eigenvalue weighted by Crippen LogP contribution is 2.28. The van der Waals surface area contributed by atoms with Crippen LogP contribution in [0.15, 0.2) is 18.2 Å². The Balaban J connectivity index is 2.66. The zero-order chi connectivity index (χ0) is 14.3. The summed E-state index contributed by atoms with van der Waals surface area (Å²) in [4.78, 5) is 0. The molecule has 0 heterocycles. The third-order valence-electron chi connectivity index (χ3n) is 3.65. The van der Waals surface area contributed by atoms with E-state index < -0.39 is 0 Å². The maximum absolute atomic E-state index is 5.59. The molecule has 1 rings (SSSR count). The molecule has 0 bridgehead atoms. The van der Waals surface area contributed by atoms with Gasteiger partial charge in [-0.15, -0.1) is 0 Å². The van der Waals surface area contributed by atoms with E-state index in [1.807, 2.05) is 13.0 Å². The Morgan fingerprint density at radius 3 is 2.47 bits per heavy atom. The molecule has 3 heteroatoms. The Bertz CT molecular complexity index is 379. The highest BCUT2D eigenvalue weighted by molar-refractivity contribution is 5.42. The van der Waals surface area contributed by atoms with Gasteiger partial charge in [0, 0.05) is 12.6 Å². The van der Waals surface area contributed by atoms with E-state index in [4.69, 9.17) is 9.47 Å². The molecular formula is C16H27NO2. The van der Waals surface area contributed by atoms with Gasteiger partial charge in [-0.2, -0.15) is 0 Å². The van der Waals surface area contributed by atoms with Crippen LogP contribution < -0.4 is 14.8 Å². The quantitative estimate of drug-likeness (QED) is 0.778. The van der Waals surface area contributed by atoms with Gasteiger partial charge in [-0.25, -0.2) is 0 Å². The van der Waals surface area contributed by atoms with Crippen molar-refractivity contribution in [2.24, 2.45) is 5.92 Å². The SMILES string of the molecule is CCOc1cc(CNC(C)C(C)CC)ccc1OC. The molecular weight excluding hydrogens is 238 g/mol. The lowest BCUT2D eigenvalue weighted by Crippen LogP contribution is -2.31. The molecule has 2 unspecified atom stereocenters. The lowest BCUT2D eigenvalue weighted by Gasteiger charge is -2.20. The zero-order valence-corrected chi connectivity index (χ0v) is 12.8. The first-order valence-electron chi connectivity index (χ1n) is 7.15. The molecule has 0 aliphatic rings. The fourth-order valence-corrected chi connectivity index (χ4v) is 1.93. The van der Waals surface area contributed by atoms with E-state index >= 15 is 0 Å². The lowest BCUT2D eigenvalue weighted by molar-refractivity contribution is 0.310. The van der Waals surface area contributed by atoms with Crippen molar-refractivity contribution >= 4 is 0 Å². The molecule has 0 radical (unpaired) electrons. The highest BCUT2D eigenvalue weighted by Gasteiger charge is 2.10. The summed E-state index contributed by atoms with van der Waals surface area (Å²) in [5.41, 5.74) is 1.22. The van der Waals surface area contributed by atoms with Crippen LogP contribution in [0.1, 0.15) is 39.7 Å². The van der Waals surface area contributed by atoms with E-state index in [9.17, 15) is 0 Å². The number of hydrogen-bond donors (Lipinski definition) is 1. The van der Waals surface area contributed by atoms with Gasteiger partial charge in [-0.05, 0) is 37.5 Å². The summed E-state index contributed by atoms with van der Waals surface area (Å²) in [6, 6.07) is 6.62. The molecule has 0 spiro atoms. The van der Waals surface area contributed by atoms with Crippen molar-refractivity contribution in [3.05, 3.63) is 23.8 Å². The number of ether oxygens (including phenoxy) is 2. The van der Waals surface area contributed by atoms with Crippen LogP contribution in [0.3, 0.4) is 0 Å². The molecule has 108 valence electrons. The standard InChI is InChI=1S/C16H27NO2/c1-6-12(3)13(4)17-11-14-8-9-15(18-5)16(10-14)19-7-2/h8-10,12-13,17H,6-7,11H2,1-5H3. The third-order valence-corrected chi connectivity index (χ3v) is 3.65. The molecule has 0 fully saturated rings. The minimum Gasteiger partial charge on any atom is -0.493 e. The van der Waals surface area contributed by atoms with Crippen LogP contribution >= 0.6 is 0 Å². The van der Waals surface area contributed by atoms with E-state index in [0.717, 1.165) is 18.0 Å². The van der Waals surface area contributed by atoms with Crippen molar-refractivity contribution in [2.75, 3.05) is 13.7 Å². The maximum atomic E-state index is 5.59. The van der Waals surface area contributed by atoms with Crippen LogP contribution in [0.5, 0.6) is 11.5 Å². The van der Waals surface area contributed by atoms with E-state index in [0.29, 0.717) is 18.6 Å². The van der Waals surface area contributed by atoms with Gasteiger partial charge in [0.1, 0.15) is 0 Å². The van der Waals surface area contributed by atoms with Crippen LogP contribution in [-0.2, 0) is 6.54 Å². The first-order chi connectivity index (χ1) is 9.12. The molecule has 1 N–H and O–H groups in total. The Hall–Kier alpha value is -1.22. The van der Waals surface area contributed by atoms with Crippen LogP contribution in [-0.4, -0.2) is 19.8 Å². The van der Waals surface area contributed by atoms with E-state index in [-0.39, 0.29) is 0 Å². The zero-order valence-electron chi connectivity index (χ0n) is 12.8. The highest BCUT2D eigenvalue weighted by atomic mass is 16.5. The molecule has 2 atom stereocenters. The topological polar surface area (TPSA) is 30.5 Å². The number of benzene rings is 1. The molecule has 19 heavy (non-hydrogen) atoms. The van der Waals surface area contributed by atoms with Crippen LogP contribution in [0.25, 0.3) is 0 Å². The number of nitrogens with one attached hydrogen (secondary N) is 1. The summed E-state index contributed by atoms with van der Waals surface area (Å²) in [6.07, 6.45) is 1.20. The van der Waals surface area contributed by atoms with E-state index in [1.54, 1.807) is 7.11 Å². The number of hydrogen-bond acceptors (Lipinski definition) is 3. The van der Waals surface area contributed by atoms with E-state index in [1.165, 1.54) is 12.0 Å². The normalized spacial score (nSPS) is 13.9. The largest absolute Gasteiger partial charge is 0.493 e. The summed E-state index contributed by atoms with van der Waals surface area (Å²) in [7, 11) is 1.67. The minimum atomic E-state index is 0.516. The lowest BCUT2D eigenvalue weighted by atomic mass is 10.0. The van der Waals surface area contributed by atoms with Gasteiger partial charge in [0.15, 0.2) is 11.5 Å². The molecule has 0 saturated carbocycles. The van der Waals surface area contributed by atoms with Gasteiger partial charge in [0.05, 0.1) is 13.7 Å². The van der Waals surface area contributed by atoms with Crippen molar-refractivity contribution < 1.29 is 9.47 Å². The molecule has 0 amide bonds. The molecule has 0 aliphatic heterocycles. The smallest absolute Gasteiger partial charge is 0.161 e. The maximum Gasteiger partial charge on any atom is 0.161 e. The molecule has 0 aromatic heterocycles. The minimum absolute atomic E-state index is 0.516. The van der Waals surface area contributed by atoms with Crippen molar-refractivity contribution in [2.45, 2.75) is 46.7 Å². The second-order valence-electron chi connectivity index (χ2n) is 4.97. The molecule has 0 aliphatic carbocycles. The van der Waals surface area contributed by atoms with Crippen molar-refractivity contribution in [1.82, 2.24) is 5.32 Å². The Morgan fingerprint density at radius 1 is 1.16 bits per heavy atom. The molecule has 1 aromatic rings. The predicted molar refractivity (Wildman–Crippen MR) is 79.9 cm³/mol. The summed E-state index contributed by atoms with van der Waals surface area (Å²) >= 11 is 0. The van der Waals surface area contributed by atoms with E-state index in [2.05, 4.69) is 38.2 Å². The summed E-state index contributed by atoms with van der Waals surface area (Å²) in [5.74, 6) is 2.30. The third kappa shape index (κ3) is 4.75. The summed E-state index contributed by atoms with van der Waals surface area (Å²) in [6.45, 7) is 10.2. The van der Waals surface area contributed by atoms with Crippen LogP contribution in [0.2, 0.25) is 0 Å². The Kier molecular flexibility index (Phi) is 6.71. The Labute approximate surface area is 117 Å². The monoisotopic (exact) mass is 265 g/mol. The van der Waals surface area contributed by atoms with Gasteiger partial charge < -0.3 is 14.8 Å². The average molecular weight is 265 g/mol. The molecule has 0 saturated heterocycles. The first kappa shape index (κ1) is 15.8. The fraction of sp³-hybridized carbons (Fsp3) is 0.625. The van der Waals surface area contributed by atoms with Gasteiger partial charge in [0.2, 0.25) is 0 Å². The van der Waals surface area contributed by atoms with Crippen molar-refractivity contribution in [1.29, 1.82) is 0 Å². The molecule has 1 aromatic carbocycles. The molecule has 3 nitrogen and oxygen atoms in total.